The lowest BCUT2D eigenvalue weighted by atomic mass is 9.89. The quantitative estimate of drug-likeness (QED) is 0.629. The molecule has 0 aromatic carbocycles. The minimum atomic E-state index is -2.90. The van der Waals surface area contributed by atoms with E-state index in [1.54, 1.807) is 0 Å². The van der Waals surface area contributed by atoms with E-state index in [1.165, 1.54) is 0 Å². The van der Waals surface area contributed by atoms with Gasteiger partial charge in [0.05, 0.1) is 23.0 Å². The van der Waals surface area contributed by atoms with Gasteiger partial charge in [-0.2, -0.15) is 5.26 Å². The molecule has 0 heterocycles. The highest BCUT2D eigenvalue weighted by atomic mass is 32.2. The Labute approximate surface area is 106 Å². The van der Waals surface area contributed by atoms with E-state index in [4.69, 9.17) is 5.26 Å². The van der Waals surface area contributed by atoms with Gasteiger partial charge in [-0.3, -0.25) is 0 Å². The number of rotatable bonds is 8. The summed E-state index contributed by atoms with van der Waals surface area (Å²) in [5.74, 6) is 0.805. The molecule has 0 aromatic heterocycles. The molecular formula is C13H25NO2S. The Morgan fingerprint density at radius 1 is 1.29 bits per heavy atom. The van der Waals surface area contributed by atoms with Gasteiger partial charge in [0, 0.05) is 0 Å². The van der Waals surface area contributed by atoms with Gasteiger partial charge >= 0.3 is 0 Å². The smallest absolute Gasteiger partial charge is 0.150 e. The summed E-state index contributed by atoms with van der Waals surface area (Å²) in [5.41, 5.74) is -0.333. The molecule has 0 fully saturated rings. The molecule has 0 amide bonds. The second-order valence-electron chi connectivity index (χ2n) is 5.58. The van der Waals surface area contributed by atoms with Crippen LogP contribution in [0.4, 0.5) is 0 Å². The van der Waals surface area contributed by atoms with Gasteiger partial charge in [0.15, 0.2) is 9.84 Å². The molecule has 100 valence electrons. The minimum absolute atomic E-state index is 0.246. The molecule has 0 bridgehead atoms. The maximum atomic E-state index is 11.7. The van der Waals surface area contributed by atoms with Crippen molar-refractivity contribution in [2.45, 2.75) is 53.4 Å². The van der Waals surface area contributed by atoms with Crippen LogP contribution in [0, 0.1) is 22.7 Å². The minimum Gasteiger partial charge on any atom is -0.229 e. The molecule has 0 saturated carbocycles. The van der Waals surface area contributed by atoms with Gasteiger partial charge in [-0.25, -0.2) is 8.42 Å². The van der Waals surface area contributed by atoms with Crippen molar-refractivity contribution in [1.29, 1.82) is 5.26 Å². The number of hydrogen-bond acceptors (Lipinski definition) is 3. The second kappa shape index (κ2) is 7.00. The summed E-state index contributed by atoms with van der Waals surface area (Å²) in [6.07, 6.45) is 3.15. The molecule has 1 atom stereocenters. The van der Waals surface area contributed by atoms with Crippen LogP contribution < -0.4 is 0 Å². The van der Waals surface area contributed by atoms with Crippen LogP contribution >= 0.6 is 0 Å². The first-order valence-corrected chi connectivity index (χ1v) is 8.16. The summed E-state index contributed by atoms with van der Waals surface area (Å²) in [7, 11) is -2.90. The predicted octanol–water partition coefficient (Wildman–Crippen LogP) is 3.17. The van der Waals surface area contributed by atoms with Crippen molar-refractivity contribution >= 4 is 9.84 Å². The molecule has 0 rings (SSSR count). The van der Waals surface area contributed by atoms with Crippen LogP contribution in [0.15, 0.2) is 0 Å². The van der Waals surface area contributed by atoms with Crippen molar-refractivity contribution in [3.63, 3.8) is 0 Å². The van der Waals surface area contributed by atoms with E-state index in [0.717, 1.165) is 19.3 Å². The van der Waals surface area contributed by atoms with Gasteiger partial charge in [-0.15, -0.1) is 0 Å². The fourth-order valence-corrected chi connectivity index (χ4v) is 3.49. The highest BCUT2D eigenvalue weighted by molar-refractivity contribution is 7.91. The predicted molar refractivity (Wildman–Crippen MR) is 71.4 cm³/mol. The first-order chi connectivity index (χ1) is 7.72. The van der Waals surface area contributed by atoms with Crippen LogP contribution in [0.2, 0.25) is 0 Å². The fraction of sp³-hybridized carbons (Fsp3) is 0.923. The SMILES string of the molecule is CCC(C)CS(=O)(=O)CCCCC(C)(C)C#N. The molecule has 0 aliphatic heterocycles. The summed E-state index contributed by atoms with van der Waals surface area (Å²) < 4.78 is 23.5. The molecule has 0 radical (unpaired) electrons. The van der Waals surface area contributed by atoms with Crippen molar-refractivity contribution in [3.8, 4) is 6.07 Å². The maximum Gasteiger partial charge on any atom is 0.150 e. The first kappa shape index (κ1) is 16.4. The fourth-order valence-electron chi connectivity index (χ4n) is 1.58. The lowest BCUT2D eigenvalue weighted by molar-refractivity contribution is 0.431. The van der Waals surface area contributed by atoms with E-state index in [9.17, 15) is 8.42 Å². The zero-order chi connectivity index (χ0) is 13.5. The molecule has 17 heavy (non-hydrogen) atoms. The molecule has 4 heteroatoms. The van der Waals surface area contributed by atoms with E-state index in [-0.39, 0.29) is 17.1 Å². The zero-order valence-electron chi connectivity index (χ0n) is 11.5. The molecule has 3 nitrogen and oxygen atoms in total. The maximum absolute atomic E-state index is 11.7. The summed E-state index contributed by atoms with van der Waals surface area (Å²) in [4.78, 5) is 0. The first-order valence-electron chi connectivity index (χ1n) is 6.34. The molecule has 0 aliphatic carbocycles. The average Bonchev–Trinajstić information content (AvgIpc) is 2.24. The number of nitriles is 1. The third-order valence-electron chi connectivity index (χ3n) is 3.05. The summed E-state index contributed by atoms with van der Waals surface area (Å²) in [6.45, 7) is 7.76. The van der Waals surface area contributed by atoms with Crippen molar-refractivity contribution in [2.24, 2.45) is 11.3 Å². The van der Waals surface area contributed by atoms with Crippen LogP contribution in [0.3, 0.4) is 0 Å². The molecule has 0 aliphatic rings. The Morgan fingerprint density at radius 2 is 1.88 bits per heavy atom. The lowest BCUT2D eigenvalue weighted by Crippen LogP contribution is -2.17. The van der Waals surface area contributed by atoms with Crippen molar-refractivity contribution in [3.05, 3.63) is 0 Å². The van der Waals surface area contributed by atoms with E-state index in [0.29, 0.717) is 12.2 Å². The van der Waals surface area contributed by atoms with E-state index >= 15 is 0 Å². The Kier molecular flexibility index (Phi) is 6.77. The van der Waals surface area contributed by atoms with Crippen molar-refractivity contribution in [2.75, 3.05) is 11.5 Å². The lowest BCUT2D eigenvalue weighted by Gasteiger charge is -2.14. The molecule has 0 aromatic rings. The Balaban J connectivity index is 3.94. The van der Waals surface area contributed by atoms with E-state index < -0.39 is 9.84 Å². The van der Waals surface area contributed by atoms with E-state index in [1.807, 2.05) is 27.7 Å². The van der Waals surface area contributed by atoms with Gasteiger partial charge in [-0.1, -0.05) is 26.7 Å². The average molecular weight is 259 g/mol. The van der Waals surface area contributed by atoms with Gasteiger partial charge < -0.3 is 0 Å². The van der Waals surface area contributed by atoms with Gasteiger partial charge in [0.25, 0.3) is 0 Å². The second-order valence-corrected chi connectivity index (χ2v) is 7.81. The Hall–Kier alpha value is -0.560. The molecule has 0 saturated heterocycles. The number of nitrogens with zero attached hydrogens (tertiary/aromatic N) is 1. The highest BCUT2D eigenvalue weighted by Crippen LogP contribution is 2.22. The van der Waals surface area contributed by atoms with Gasteiger partial charge in [0.2, 0.25) is 0 Å². The highest BCUT2D eigenvalue weighted by Gasteiger charge is 2.18. The summed E-state index contributed by atoms with van der Waals surface area (Å²) in [5, 5.41) is 8.84. The van der Waals surface area contributed by atoms with Crippen LogP contribution in [-0.2, 0) is 9.84 Å². The van der Waals surface area contributed by atoms with Crippen molar-refractivity contribution in [1.82, 2.24) is 0 Å². The summed E-state index contributed by atoms with van der Waals surface area (Å²) in [6, 6.07) is 2.23. The molecule has 0 spiro atoms. The van der Waals surface area contributed by atoms with Crippen LogP contribution in [-0.4, -0.2) is 19.9 Å². The number of sulfone groups is 1. The van der Waals surface area contributed by atoms with Gasteiger partial charge in [-0.05, 0) is 32.6 Å². The summed E-state index contributed by atoms with van der Waals surface area (Å²) >= 11 is 0. The van der Waals surface area contributed by atoms with Crippen molar-refractivity contribution < 1.29 is 8.42 Å². The zero-order valence-corrected chi connectivity index (χ0v) is 12.3. The normalized spacial score (nSPS) is 14.3. The van der Waals surface area contributed by atoms with Crippen LogP contribution in [0.25, 0.3) is 0 Å². The van der Waals surface area contributed by atoms with E-state index in [2.05, 4.69) is 6.07 Å². The number of hydrogen-bond donors (Lipinski definition) is 0. The molecule has 1 unspecified atom stereocenters. The van der Waals surface area contributed by atoms with Gasteiger partial charge in [0.1, 0.15) is 0 Å². The topological polar surface area (TPSA) is 57.9 Å². The Bertz CT molecular complexity index is 352. The molecule has 0 N–H and O–H groups in total. The Morgan fingerprint density at radius 3 is 2.35 bits per heavy atom. The standard InChI is InChI=1S/C13H25NO2S/c1-5-12(2)10-17(15,16)9-7-6-8-13(3,4)11-14/h12H,5-10H2,1-4H3. The van der Waals surface area contributed by atoms with Crippen LogP contribution in [0.1, 0.15) is 53.4 Å². The number of unbranched alkanes of at least 4 members (excludes halogenated alkanes) is 1. The van der Waals surface area contributed by atoms with Crippen LogP contribution in [0.5, 0.6) is 0 Å². The molecular weight excluding hydrogens is 234 g/mol. The third kappa shape index (κ3) is 8.20. The third-order valence-corrected chi connectivity index (χ3v) is 5.03. The monoisotopic (exact) mass is 259 g/mol. The largest absolute Gasteiger partial charge is 0.229 e.